The van der Waals surface area contributed by atoms with Crippen molar-refractivity contribution in [1.82, 2.24) is 4.90 Å². The lowest BCUT2D eigenvalue weighted by Crippen LogP contribution is -2.49. The van der Waals surface area contributed by atoms with Gasteiger partial charge in [0.1, 0.15) is 5.75 Å². The zero-order chi connectivity index (χ0) is 19.5. The fourth-order valence-electron chi connectivity index (χ4n) is 3.40. The zero-order valence-electron chi connectivity index (χ0n) is 14.9. The van der Waals surface area contributed by atoms with E-state index in [1.165, 1.54) is 13.2 Å². The maximum atomic E-state index is 13.9. The van der Waals surface area contributed by atoms with Crippen LogP contribution in [-0.4, -0.2) is 37.2 Å². The van der Waals surface area contributed by atoms with Gasteiger partial charge in [-0.15, -0.1) is 0 Å². The first-order valence-electron chi connectivity index (χ1n) is 8.63. The summed E-state index contributed by atoms with van der Waals surface area (Å²) >= 11 is 0. The molecule has 3 rings (SSSR count). The van der Waals surface area contributed by atoms with Crippen molar-refractivity contribution in [1.29, 1.82) is 0 Å². The molecule has 1 aliphatic rings. The van der Waals surface area contributed by atoms with Gasteiger partial charge in [0.15, 0.2) is 5.41 Å². The highest BCUT2D eigenvalue weighted by Gasteiger charge is 2.63. The molecule has 1 unspecified atom stereocenters. The number of likely N-dealkylation sites (tertiary alicyclic amines) is 1. The van der Waals surface area contributed by atoms with Crippen LogP contribution in [0.5, 0.6) is 5.75 Å². The van der Waals surface area contributed by atoms with E-state index in [0.29, 0.717) is 12.3 Å². The number of carbonyl (C=O) groups excluding carboxylic acids is 1. The molecule has 1 saturated heterocycles. The molecule has 1 aliphatic heterocycles. The number of hydrogen-bond donors (Lipinski definition) is 1. The summed E-state index contributed by atoms with van der Waals surface area (Å²) in [6.07, 6.45) is -4.92. The van der Waals surface area contributed by atoms with E-state index in [4.69, 9.17) is 4.74 Å². The van der Waals surface area contributed by atoms with Crippen molar-refractivity contribution in [3.05, 3.63) is 60.2 Å². The number of nitrogens with one attached hydrogen (secondary N) is 1. The number of halogens is 3. The average Bonchev–Trinajstić information content (AvgIpc) is 3.08. The lowest BCUT2D eigenvalue weighted by molar-refractivity contribution is -0.215. The molecule has 0 aromatic heterocycles. The quantitative estimate of drug-likeness (QED) is 0.852. The van der Waals surface area contributed by atoms with E-state index in [-0.39, 0.29) is 25.2 Å². The van der Waals surface area contributed by atoms with E-state index in [0.717, 1.165) is 5.56 Å². The lowest BCUT2D eigenvalue weighted by Gasteiger charge is -2.30. The van der Waals surface area contributed by atoms with Crippen LogP contribution >= 0.6 is 0 Å². The number of rotatable bonds is 5. The Morgan fingerprint density at radius 1 is 1.15 bits per heavy atom. The molecule has 0 bridgehead atoms. The Labute approximate surface area is 155 Å². The van der Waals surface area contributed by atoms with E-state index in [1.807, 2.05) is 30.3 Å². The number of amides is 1. The highest BCUT2D eigenvalue weighted by molar-refractivity contribution is 5.97. The Balaban J connectivity index is 1.81. The molecule has 2 aromatic carbocycles. The van der Waals surface area contributed by atoms with Crippen molar-refractivity contribution in [2.75, 3.05) is 25.5 Å². The van der Waals surface area contributed by atoms with Gasteiger partial charge in [0.25, 0.3) is 0 Å². The molecule has 1 heterocycles. The van der Waals surface area contributed by atoms with Gasteiger partial charge in [-0.25, -0.2) is 0 Å². The molecule has 0 aliphatic carbocycles. The van der Waals surface area contributed by atoms with Gasteiger partial charge >= 0.3 is 6.18 Å². The molecule has 4 nitrogen and oxygen atoms in total. The summed E-state index contributed by atoms with van der Waals surface area (Å²) in [6, 6.07) is 15.7. The Hall–Kier alpha value is -2.54. The van der Waals surface area contributed by atoms with Gasteiger partial charge in [-0.05, 0) is 30.7 Å². The molecule has 27 heavy (non-hydrogen) atoms. The van der Waals surface area contributed by atoms with Gasteiger partial charge in [-0.2, -0.15) is 13.2 Å². The van der Waals surface area contributed by atoms with Gasteiger partial charge in [-0.1, -0.05) is 42.5 Å². The smallest absolute Gasteiger partial charge is 0.404 e. The van der Waals surface area contributed by atoms with Crippen LogP contribution in [0.3, 0.4) is 0 Å². The summed E-state index contributed by atoms with van der Waals surface area (Å²) in [5.74, 6) is -0.725. The Kier molecular flexibility index (Phi) is 5.41. The minimum Gasteiger partial charge on any atom is -0.495 e. The van der Waals surface area contributed by atoms with Gasteiger partial charge in [0, 0.05) is 13.1 Å². The summed E-state index contributed by atoms with van der Waals surface area (Å²) < 4.78 is 47.0. The van der Waals surface area contributed by atoms with E-state index in [1.54, 1.807) is 23.1 Å². The van der Waals surface area contributed by atoms with Crippen LogP contribution in [0.25, 0.3) is 0 Å². The minimum atomic E-state index is -4.65. The summed E-state index contributed by atoms with van der Waals surface area (Å²) in [7, 11) is 1.40. The Morgan fingerprint density at radius 2 is 1.81 bits per heavy atom. The molecule has 2 aromatic rings. The maximum absolute atomic E-state index is 13.9. The van der Waals surface area contributed by atoms with Crippen LogP contribution in [0.2, 0.25) is 0 Å². The molecule has 144 valence electrons. The van der Waals surface area contributed by atoms with Crippen molar-refractivity contribution in [3.8, 4) is 5.75 Å². The number of hydrogen-bond acceptors (Lipinski definition) is 3. The van der Waals surface area contributed by atoms with E-state index in [2.05, 4.69) is 5.32 Å². The molecule has 1 fully saturated rings. The molecular weight excluding hydrogens is 357 g/mol. The number of para-hydroxylation sites is 2. The standard InChI is InChI=1S/C20H21F3N2O2/c1-27-17-10-6-5-9-16(17)24-18(26)19(20(21,22)23)11-12-25(14-19)13-15-7-3-2-4-8-15/h2-10H,11-14H2,1H3,(H,24,26). The van der Waals surface area contributed by atoms with Crippen LogP contribution in [0.15, 0.2) is 54.6 Å². The first kappa shape index (κ1) is 19.2. The highest BCUT2D eigenvalue weighted by Crippen LogP contribution is 2.47. The van der Waals surface area contributed by atoms with Crippen molar-refractivity contribution in [2.45, 2.75) is 19.1 Å². The number of nitrogens with zero attached hydrogens (tertiary/aromatic N) is 1. The number of methoxy groups -OCH3 is 1. The molecule has 0 saturated carbocycles. The van der Waals surface area contributed by atoms with Crippen molar-refractivity contribution < 1.29 is 22.7 Å². The second-order valence-electron chi connectivity index (χ2n) is 6.68. The van der Waals surface area contributed by atoms with Crippen molar-refractivity contribution >= 4 is 11.6 Å². The van der Waals surface area contributed by atoms with Crippen LogP contribution < -0.4 is 10.1 Å². The average molecular weight is 378 g/mol. The lowest BCUT2D eigenvalue weighted by atomic mass is 9.85. The molecular formula is C20H21F3N2O2. The third-order valence-corrected chi connectivity index (χ3v) is 4.93. The monoisotopic (exact) mass is 378 g/mol. The minimum absolute atomic E-state index is 0.202. The largest absolute Gasteiger partial charge is 0.495 e. The van der Waals surface area contributed by atoms with Gasteiger partial charge < -0.3 is 10.1 Å². The third kappa shape index (κ3) is 3.93. The highest BCUT2D eigenvalue weighted by atomic mass is 19.4. The SMILES string of the molecule is COc1ccccc1NC(=O)C1(C(F)(F)F)CCN(Cc2ccccc2)C1. The molecule has 1 N–H and O–H groups in total. The van der Waals surface area contributed by atoms with Gasteiger partial charge in [0.05, 0.1) is 12.8 Å². The summed E-state index contributed by atoms with van der Waals surface area (Å²) in [6.45, 7) is 0.209. The van der Waals surface area contributed by atoms with Crippen LogP contribution in [0, 0.1) is 5.41 Å². The Bertz CT molecular complexity index is 795. The molecule has 7 heteroatoms. The summed E-state index contributed by atoms with van der Waals surface area (Å²) in [4.78, 5) is 14.4. The van der Waals surface area contributed by atoms with E-state index < -0.39 is 17.5 Å². The van der Waals surface area contributed by atoms with Crippen LogP contribution in [-0.2, 0) is 11.3 Å². The number of ether oxygens (including phenoxy) is 1. The van der Waals surface area contributed by atoms with E-state index in [9.17, 15) is 18.0 Å². The van der Waals surface area contributed by atoms with E-state index >= 15 is 0 Å². The summed E-state index contributed by atoms with van der Waals surface area (Å²) in [5.41, 5.74) is -1.29. The second-order valence-corrected chi connectivity index (χ2v) is 6.68. The van der Waals surface area contributed by atoms with Crippen molar-refractivity contribution in [3.63, 3.8) is 0 Å². The first-order chi connectivity index (χ1) is 12.9. The fourth-order valence-corrected chi connectivity index (χ4v) is 3.40. The first-order valence-corrected chi connectivity index (χ1v) is 8.63. The third-order valence-electron chi connectivity index (χ3n) is 4.93. The predicted octanol–water partition coefficient (Wildman–Crippen LogP) is 4.09. The van der Waals surface area contributed by atoms with Crippen LogP contribution in [0.4, 0.5) is 18.9 Å². The summed E-state index contributed by atoms with van der Waals surface area (Å²) in [5, 5.41) is 2.42. The second kappa shape index (κ2) is 7.60. The normalized spacial score (nSPS) is 20.4. The fraction of sp³-hybridized carbons (Fsp3) is 0.350. The van der Waals surface area contributed by atoms with Crippen molar-refractivity contribution in [2.24, 2.45) is 5.41 Å². The number of alkyl halides is 3. The maximum Gasteiger partial charge on any atom is 0.404 e. The Morgan fingerprint density at radius 3 is 2.48 bits per heavy atom. The molecule has 1 atom stereocenters. The molecule has 0 spiro atoms. The number of benzene rings is 2. The van der Waals surface area contributed by atoms with Gasteiger partial charge in [-0.3, -0.25) is 9.69 Å². The van der Waals surface area contributed by atoms with Crippen LogP contribution in [0.1, 0.15) is 12.0 Å². The predicted molar refractivity (Wildman–Crippen MR) is 96.4 cm³/mol. The number of carbonyl (C=O) groups is 1. The molecule has 1 amide bonds. The number of anilines is 1. The van der Waals surface area contributed by atoms with Gasteiger partial charge in [0.2, 0.25) is 5.91 Å². The topological polar surface area (TPSA) is 41.6 Å². The molecule has 0 radical (unpaired) electrons. The zero-order valence-corrected chi connectivity index (χ0v) is 14.9.